The number of rotatable bonds is 4. The van der Waals surface area contributed by atoms with E-state index in [1.54, 1.807) is 4.90 Å². The molecule has 3 aliphatic rings. The maximum Gasteiger partial charge on any atom is 0.490 e. The summed E-state index contributed by atoms with van der Waals surface area (Å²) in [6.07, 6.45) is -2.22. The number of aliphatic carboxylic acids is 1. The molecule has 39 heavy (non-hydrogen) atoms. The zero-order valence-corrected chi connectivity index (χ0v) is 21.1. The van der Waals surface area contributed by atoms with Gasteiger partial charge in [-0.1, -0.05) is 18.2 Å². The van der Waals surface area contributed by atoms with E-state index in [4.69, 9.17) is 14.6 Å². The number of halogens is 3. The summed E-state index contributed by atoms with van der Waals surface area (Å²) in [7, 11) is 0. The van der Waals surface area contributed by atoms with Gasteiger partial charge < -0.3 is 20.1 Å². The minimum absolute atomic E-state index is 0.153. The summed E-state index contributed by atoms with van der Waals surface area (Å²) in [4.78, 5) is 47.5. The third kappa shape index (κ3) is 6.39. The lowest BCUT2D eigenvalue weighted by Gasteiger charge is -2.29. The van der Waals surface area contributed by atoms with Gasteiger partial charge in [0.15, 0.2) is 0 Å². The molecule has 3 amide bonds. The number of fused-ring (bicyclic) bond motifs is 1. The Kier molecular flexibility index (Phi) is 8.24. The van der Waals surface area contributed by atoms with Crippen molar-refractivity contribution in [3.63, 3.8) is 0 Å². The van der Waals surface area contributed by atoms with E-state index in [0.29, 0.717) is 18.5 Å². The predicted octanol–water partition coefficient (Wildman–Crippen LogP) is 3.19. The van der Waals surface area contributed by atoms with Crippen molar-refractivity contribution in [3.8, 4) is 16.9 Å². The van der Waals surface area contributed by atoms with Crippen molar-refractivity contribution in [1.29, 1.82) is 0 Å². The summed E-state index contributed by atoms with van der Waals surface area (Å²) >= 11 is 0. The molecule has 2 aromatic rings. The molecular weight excluding hydrogens is 519 g/mol. The smallest absolute Gasteiger partial charge is 0.490 e. The van der Waals surface area contributed by atoms with Gasteiger partial charge in [-0.05, 0) is 79.7 Å². The second-order valence-corrected chi connectivity index (χ2v) is 9.58. The normalized spacial score (nSPS) is 19.6. The minimum atomic E-state index is -5.08. The third-order valence-corrected chi connectivity index (χ3v) is 6.90. The molecule has 208 valence electrons. The highest BCUT2D eigenvalue weighted by Gasteiger charge is 2.40. The topological polar surface area (TPSA) is 125 Å². The number of imide groups is 1. The molecule has 1 unspecified atom stereocenters. The Morgan fingerprint density at radius 2 is 1.69 bits per heavy atom. The van der Waals surface area contributed by atoms with Gasteiger partial charge in [0.2, 0.25) is 11.8 Å². The predicted molar refractivity (Wildman–Crippen MR) is 133 cm³/mol. The average Bonchev–Trinajstić information content (AvgIpc) is 3.21. The molecule has 2 saturated heterocycles. The van der Waals surface area contributed by atoms with E-state index in [9.17, 15) is 27.6 Å². The minimum Gasteiger partial charge on any atom is -0.490 e. The van der Waals surface area contributed by atoms with Crippen LogP contribution in [0.3, 0.4) is 0 Å². The first kappa shape index (κ1) is 28.1. The highest BCUT2D eigenvalue weighted by atomic mass is 19.4. The molecule has 3 aliphatic heterocycles. The number of nitrogens with one attached hydrogen (secondary N) is 2. The van der Waals surface area contributed by atoms with Gasteiger partial charge in [0.1, 0.15) is 17.9 Å². The fourth-order valence-electron chi connectivity index (χ4n) is 4.96. The van der Waals surface area contributed by atoms with Crippen LogP contribution in [-0.2, 0) is 20.9 Å². The number of carbonyl (C=O) groups excluding carboxylic acids is 3. The van der Waals surface area contributed by atoms with Gasteiger partial charge in [-0.2, -0.15) is 13.2 Å². The number of piperidine rings is 2. The van der Waals surface area contributed by atoms with Crippen molar-refractivity contribution < 1.29 is 42.2 Å². The lowest BCUT2D eigenvalue weighted by molar-refractivity contribution is -0.192. The molecule has 2 aromatic carbocycles. The number of nitrogens with zero attached hydrogens (tertiary/aromatic N) is 1. The van der Waals surface area contributed by atoms with Crippen molar-refractivity contribution in [2.45, 2.75) is 57.5 Å². The van der Waals surface area contributed by atoms with Gasteiger partial charge in [0.05, 0.1) is 0 Å². The van der Waals surface area contributed by atoms with Crippen molar-refractivity contribution in [1.82, 2.24) is 15.5 Å². The number of amides is 3. The molecule has 0 radical (unpaired) electrons. The summed E-state index contributed by atoms with van der Waals surface area (Å²) in [5.41, 5.74) is 4.68. The lowest BCUT2D eigenvalue weighted by atomic mass is 9.94. The number of ether oxygens (including phenoxy) is 1. The fourth-order valence-corrected chi connectivity index (χ4v) is 4.96. The van der Waals surface area contributed by atoms with Crippen LogP contribution in [0, 0.1) is 6.92 Å². The van der Waals surface area contributed by atoms with Crippen molar-refractivity contribution in [2.24, 2.45) is 0 Å². The molecule has 0 aromatic heterocycles. The number of hydrogen-bond acceptors (Lipinski definition) is 6. The molecule has 0 spiro atoms. The molecule has 3 heterocycles. The Hall–Kier alpha value is -3.93. The Bertz CT molecular complexity index is 1290. The van der Waals surface area contributed by atoms with Gasteiger partial charge >= 0.3 is 12.1 Å². The van der Waals surface area contributed by atoms with Crippen LogP contribution in [0.5, 0.6) is 5.75 Å². The third-order valence-electron chi connectivity index (χ3n) is 6.90. The molecular formula is C27H28F3N3O6. The number of carbonyl (C=O) groups is 4. The molecule has 9 nitrogen and oxygen atoms in total. The number of aryl methyl sites for hydroxylation is 1. The lowest BCUT2D eigenvalue weighted by Crippen LogP contribution is -2.52. The largest absolute Gasteiger partial charge is 0.490 e. The van der Waals surface area contributed by atoms with E-state index in [-0.39, 0.29) is 30.2 Å². The van der Waals surface area contributed by atoms with E-state index in [1.165, 1.54) is 0 Å². The Morgan fingerprint density at radius 1 is 1.03 bits per heavy atom. The first-order chi connectivity index (χ1) is 18.5. The van der Waals surface area contributed by atoms with Crippen molar-refractivity contribution in [2.75, 3.05) is 13.1 Å². The zero-order valence-electron chi connectivity index (χ0n) is 21.1. The monoisotopic (exact) mass is 547 g/mol. The van der Waals surface area contributed by atoms with E-state index in [2.05, 4.69) is 29.7 Å². The molecule has 12 heteroatoms. The fraction of sp³-hybridized carbons (Fsp3) is 0.407. The number of carboxylic acids is 1. The van der Waals surface area contributed by atoms with Crippen LogP contribution in [0.2, 0.25) is 0 Å². The number of hydrogen-bond donors (Lipinski definition) is 3. The highest BCUT2D eigenvalue weighted by molar-refractivity contribution is 6.06. The molecule has 0 saturated carbocycles. The van der Waals surface area contributed by atoms with Crippen LogP contribution < -0.4 is 15.4 Å². The van der Waals surface area contributed by atoms with Crippen molar-refractivity contribution >= 4 is 23.7 Å². The number of benzene rings is 2. The molecule has 0 bridgehead atoms. The number of carboxylic acid groups (broad SMARTS) is 1. The van der Waals surface area contributed by atoms with E-state index in [1.807, 2.05) is 24.3 Å². The van der Waals surface area contributed by atoms with E-state index < -0.39 is 18.2 Å². The summed E-state index contributed by atoms with van der Waals surface area (Å²) in [5.74, 6) is -2.71. The average molecular weight is 548 g/mol. The Balaban J connectivity index is 0.000000448. The van der Waals surface area contributed by atoms with Gasteiger partial charge in [-0.15, -0.1) is 0 Å². The highest BCUT2D eigenvalue weighted by Crippen LogP contribution is 2.37. The van der Waals surface area contributed by atoms with Crippen LogP contribution in [0.1, 0.15) is 47.2 Å². The van der Waals surface area contributed by atoms with Crippen LogP contribution in [0.25, 0.3) is 11.1 Å². The standard InChI is InChI=1S/C25H27N3O4.C2HF3O2/c1-15-13-17(32-16-9-11-26-12-10-16)5-6-18(15)19-3-2-4-20-21(19)14-28(25(20)31)22-7-8-23(29)27-24(22)30;3-2(4,5)1(6)7/h2-6,13,16,22,26H,7-12,14H2,1H3,(H,27,29,30);(H,6,7). The maximum absolute atomic E-state index is 13.1. The van der Waals surface area contributed by atoms with E-state index in [0.717, 1.165) is 53.9 Å². The summed E-state index contributed by atoms with van der Waals surface area (Å²) in [6, 6.07) is 11.2. The first-order valence-corrected chi connectivity index (χ1v) is 12.5. The Labute approximate surface area is 222 Å². The van der Waals surface area contributed by atoms with Crippen LogP contribution in [-0.4, -0.2) is 65.1 Å². The van der Waals surface area contributed by atoms with E-state index >= 15 is 0 Å². The molecule has 1 atom stereocenters. The van der Waals surface area contributed by atoms with Gasteiger partial charge in [0, 0.05) is 18.5 Å². The summed E-state index contributed by atoms with van der Waals surface area (Å²) < 4.78 is 37.9. The second-order valence-electron chi connectivity index (χ2n) is 9.58. The van der Waals surface area contributed by atoms with Crippen molar-refractivity contribution in [3.05, 3.63) is 53.1 Å². The van der Waals surface area contributed by atoms with Crippen LogP contribution in [0.4, 0.5) is 13.2 Å². The van der Waals surface area contributed by atoms with Crippen LogP contribution in [0.15, 0.2) is 36.4 Å². The summed E-state index contributed by atoms with van der Waals surface area (Å²) in [6.45, 7) is 4.38. The summed E-state index contributed by atoms with van der Waals surface area (Å²) in [5, 5.41) is 12.8. The molecule has 0 aliphatic carbocycles. The quantitative estimate of drug-likeness (QED) is 0.502. The second kappa shape index (κ2) is 11.4. The van der Waals surface area contributed by atoms with Gasteiger partial charge in [0.25, 0.3) is 5.91 Å². The van der Waals surface area contributed by atoms with Crippen LogP contribution >= 0.6 is 0 Å². The molecule has 2 fully saturated rings. The zero-order chi connectivity index (χ0) is 28.3. The molecule has 5 rings (SSSR count). The number of alkyl halides is 3. The first-order valence-electron chi connectivity index (χ1n) is 12.5. The van der Waals surface area contributed by atoms with Gasteiger partial charge in [-0.3, -0.25) is 19.7 Å². The Morgan fingerprint density at radius 3 is 2.31 bits per heavy atom. The van der Waals surface area contributed by atoms with Gasteiger partial charge in [-0.25, -0.2) is 4.79 Å². The molecule has 3 N–H and O–H groups in total. The maximum atomic E-state index is 13.1. The SMILES string of the molecule is Cc1cc(OC2CCNCC2)ccc1-c1cccc2c1CN(C1CCC(=O)NC1=O)C2=O.O=C(O)C(F)(F)F.